The molecule has 3 heteroatoms. The first-order valence-corrected chi connectivity index (χ1v) is 8.65. The maximum atomic E-state index is 6.69. The van der Waals surface area contributed by atoms with Crippen LogP contribution in [0.25, 0.3) is 0 Å². The zero-order chi connectivity index (χ0) is 14.2. The Morgan fingerprint density at radius 3 is 2.90 bits per heavy atom. The first-order chi connectivity index (χ1) is 10.3. The maximum absolute atomic E-state index is 6.69. The Hall–Kier alpha value is -1.32. The average Bonchev–Trinajstić information content (AvgIpc) is 2.97. The van der Waals surface area contributed by atoms with Gasteiger partial charge in [-0.05, 0) is 48.9 Å². The molecule has 2 N–H and O–H groups in total. The maximum Gasteiger partial charge on any atom is 0.0482 e. The van der Waals surface area contributed by atoms with Crippen LogP contribution in [0.4, 0.5) is 0 Å². The van der Waals surface area contributed by atoms with Crippen molar-refractivity contribution in [2.24, 2.45) is 5.73 Å². The Kier molecular flexibility index (Phi) is 3.48. The molecule has 1 aliphatic heterocycles. The molecule has 2 aromatic rings. The van der Waals surface area contributed by atoms with Gasteiger partial charge < -0.3 is 5.73 Å². The molecule has 0 saturated carbocycles. The van der Waals surface area contributed by atoms with Gasteiger partial charge in [0.2, 0.25) is 0 Å². The lowest BCUT2D eigenvalue weighted by molar-refractivity contribution is 0.441. The van der Waals surface area contributed by atoms with Crippen LogP contribution in [-0.2, 0) is 12.8 Å². The molecule has 21 heavy (non-hydrogen) atoms. The number of pyridine rings is 1. The van der Waals surface area contributed by atoms with Crippen LogP contribution in [0.1, 0.15) is 35.6 Å². The van der Waals surface area contributed by atoms with Gasteiger partial charge in [-0.2, -0.15) is 0 Å². The summed E-state index contributed by atoms with van der Waals surface area (Å²) in [6.45, 7) is 0. The number of fused-ring (bicyclic) bond motifs is 2. The molecule has 3 atom stereocenters. The Morgan fingerprint density at radius 1 is 1.14 bits per heavy atom. The summed E-state index contributed by atoms with van der Waals surface area (Å²) in [5.74, 6) is 0.418. The van der Waals surface area contributed by atoms with Gasteiger partial charge in [0.25, 0.3) is 0 Å². The fourth-order valence-corrected chi connectivity index (χ4v) is 5.10. The molecule has 0 saturated heterocycles. The normalized spacial score (nSPS) is 25.2. The van der Waals surface area contributed by atoms with Crippen LogP contribution in [0.3, 0.4) is 0 Å². The fraction of sp³-hybridized carbons (Fsp3) is 0.389. The second-order valence-corrected chi connectivity index (χ2v) is 7.37. The van der Waals surface area contributed by atoms with E-state index in [2.05, 4.69) is 35.3 Å². The van der Waals surface area contributed by atoms with Crippen molar-refractivity contribution in [2.75, 3.05) is 0 Å². The van der Waals surface area contributed by atoms with E-state index < -0.39 is 0 Å². The van der Waals surface area contributed by atoms with Crippen molar-refractivity contribution in [3.8, 4) is 0 Å². The smallest absolute Gasteiger partial charge is 0.0482 e. The summed E-state index contributed by atoms with van der Waals surface area (Å²) in [6, 6.07) is 13.2. The molecule has 1 aliphatic carbocycles. The molecule has 2 nitrogen and oxygen atoms in total. The Balaban J connectivity index is 1.59. The minimum Gasteiger partial charge on any atom is -0.326 e. The predicted molar refractivity (Wildman–Crippen MR) is 87.7 cm³/mol. The summed E-state index contributed by atoms with van der Waals surface area (Å²) in [4.78, 5) is 6.07. The van der Waals surface area contributed by atoms with E-state index in [4.69, 9.17) is 5.73 Å². The van der Waals surface area contributed by atoms with E-state index >= 15 is 0 Å². The van der Waals surface area contributed by atoms with Crippen LogP contribution < -0.4 is 5.73 Å². The highest BCUT2D eigenvalue weighted by molar-refractivity contribution is 8.00. The van der Waals surface area contributed by atoms with E-state index in [-0.39, 0.29) is 6.04 Å². The van der Waals surface area contributed by atoms with Crippen molar-refractivity contribution in [3.05, 3.63) is 59.4 Å². The summed E-state index contributed by atoms with van der Waals surface area (Å²) < 4.78 is 0. The van der Waals surface area contributed by atoms with Crippen LogP contribution in [0, 0.1) is 0 Å². The summed E-state index contributed by atoms with van der Waals surface area (Å²) in [7, 11) is 0. The molecule has 0 radical (unpaired) electrons. The van der Waals surface area contributed by atoms with Crippen LogP contribution in [0.2, 0.25) is 0 Å². The largest absolute Gasteiger partial charge is 0.326 e. The van der Waals surface area contributed by atoms with Crippen molar-refractivity contribution in [2.45, 2.75) is 47.8 Å². The van der Waals surface area contributed by atoms with E-state index in [1.54, 1.807) is 0 Å². The van der Waals surface area contributed by atoms with Crippen molar-refractivity contribution in [1.29, 1.82) is 0 Å². The number of nitrogens with zero attached hydrogens (tertiary/aromatic N) is 1. The lowest BCUT2D eigenvalue weighted by Crippen LogP contribution is -2.40. The quantitative estimate of drug-likeness (QED) is 0.921. The average molecular weight is 296 g/mol. The van der Waals surface area contributed by atoms with E-state index in [1.807, 2.05) is 24.0 Å². The van der Waals surface area contributed by atoms with E-state index in [0.717, 1.165) is 12.8 Å². The van der Waals surface area contributed by atoms with E-state index in [0.29, 0.717) is 11.2 Å². The van der Waals surface area contributed by atoms with Gasteiger partial charge in [0, 0.05) is 34.0 Å². The summed E-state index contributed by atoms with van der Waals surface area (Å²) in [6.07, 6.45) is 6.59. The number of hydrogen-bond acceptors (Lipinski definition) is 3. The highest BCUT2D eigenvalue weighted by atomic mass is 32.2. The zero-order valence-corrected chi connectivity index (χ0v) is 12.9. The van der Waals surface area contributed by atoms with Crippen molar-refractivity contribution < 1.29 is 0 Å². The molecule has 0 fully saturated rings. The van der Waals surface area contributed by atoms with Gasteiger partial charge >= 0.3 is 0 Å². The number of nitrogens with two attached hydrogens (primary N) is 1. The monoisotopic (exact) mass is 296 g/mol. The number of benzene rings is 1. The molecule has 1 aromatic heterocycles. The SMILES string of the molecule is NC(C1Cc2ccccc2S1)C1CCCc2cccnc21. The topological polar surface area (TPSA) is 38.9 Å². The summed E-state index contributed by atoms with van der Waals surface area (Å²) in [5, 5.41) is 0.486. The van der Waals surface area contributed by atoms with Crippen LogP contribution in [0.15, 0.2) is 47.5 Å². The van der Waals surface area contributed by atoms with Crippen LogP contribution >= 0.6 is 11.8 Å². The number of rotatable bonds is 2. The molecule has 4 rings (SSSR count). The van der Waals surface area contributed by atoms with Gasteiger partial charge in [0.1, 0.15) is 0 Å². The molecule has 0 bridgehead atoms. The summed E-state index contributed by atoms with van der Waals surface area (Å²) >= 11 is 1.96. The highest BCUT2D eigenvalue weighted by Crippen LogP contribution is 2.42. The standard InChI is InChI=1S/C18H20N2S/c19-17(16-11-13-5-1-2-9-15(13)21-16)14-8-3-6-12-7-4-10-20-18(12)14/h1-2,4-5,7,9-10,14,16-17H,3,6,8,11,19H2. The van der Waals surface area contributed by atoms with Gasteiger partial charge in [0.05, 0.1) is 0 Å². The molecule has 3 unspecified atom stereocenters. The van der Waals surface area contributed by atoms with Crippen LogP contribution in [0.5, 0.6) is 0 Å². The van der Waals surface area contributed by atoms with Gasteiger partial charge in [0.15, 0.2) is 0 Å². The number of hydrogen-bond donors (Lipinski definition) is 1. The van der Waals surface area contributed by atoms with Gasteiger partial charge in [-0.1, -0.05) is 24.3 Å². The van der Waals surface area contributed by atoms with Crippen molar-refractivity contribution in [1.82, 2.24) is 4.98 Å². The number of aromatic nitrogens is 1. The first-order valence-electron chi connectivity index (χ1n) is 7.77. The van der Waals surface area contributed by atoms with E-state index in [9.17, 15) is 0 Å². The Morgan fingerprint density at radius 2 is 2.00 bits per heavy atom. The fourth-order valence-electron chi connectivity index (χ4n) is 3.70. The first kappa shape index (κ1) is 13.4. The second kappa shape index (κ2) is 5.47. The third-order valence-electron chi connectivity index (χ3n) is 4.80. The molecule has 0 spiro atoms. The van der Waals surface area contributed by atoms with Crippen molar-refractivity contribution >= 4 is 11.8 Å². The highest BCUT2D eigenvalue weighted by Gasteiger charge is 2.35. The third kappa shape index (κ3) is 2.39. The van der Waals surface area contributed by atoms with E-state index in [1.165, 1.54) is 34.6 Å². The Labute approximate surface area is 130 Å². The molecule has 2 heterocycles. The predicted octanol–water partition coefficient (Wildman–Crippen LogP) is 3.55. The Bertz CT molecular complexity index is 630. The molecule has 0 amide bonds. The molecule has 108 valence electrons. The number of aryl methyl sites for hydroxylation is 1. The summed E-state index contributed by atoms with van der Waals surface area (Å²) in [5.41, 5.74) is 10.8. The van der Waals surface area contributed by atoms with Crippen LogP contribution in [-0.4, -0.2) is 16.3 Å². The molecular weight excluding hydrogens is 276 g/mol. The second-order valence-electron chi connectivity index (χ2n) is 6.09. The van der Waals surface area contributed by atoms with Gasteiger partial charge in [-0.15, -0.1) is 11.8 Å². The van der Waals surface area contributed by atoms with Gasteiger partial charge in [-0.3, -0.25) is 4.98 Å². The van der Waals surface area contributed by atoms with Gasteiger partial charge in [-0.25, -0.2) is 0 Å². The third-order valence-corrected chi connectivity index (χ3v) is 6.24. The lowest BCUT2D eigenvalue weighted by Gasteiger charge is -2.32. The molecular formula is C18H20N2S. The minimum absolute atomic E-state index is 0.191. The lowest BCUT2D eigenvalue weighted by atomic mass is 9.80. The molecule has 2 aliphatic rings. The zero-order valence-electron chi connectivity index (χ0n) is 12.0. The van der Waals surface area contributed by atoms with Crippen molar-refractivity contribution in [3.63, 3.8) is 0 Å². The minimum atomic E-state index is 0.191. The molecule has 1 aromatic carbocycles. The number of thioether (sulfide) groups is 1.